The van der Waals surface area contributed by atoms with Gasteiger partial charge in [-0.25, -0.2) is 45.0 Å². The summed E-state index contributed by atoms with van der Waals surface area (Å²) in [6, 6.07) is 8.67. The molecule has 10 nitrogen and oxygen atoms in total. The van der Waals surface area contributed by atoms with Crippen LogP contribution < -0.4 is 0 Å². The second-order valence-corrected chi connectivity index (χ2v) is 8.02. The van der Waals surface area contributed by atoms with E-state index < -0.39 is 12.2 Å². The minimum absolute atomic E-state index is 0.00278. The zero-order valence-corrected chi connectivity index (χ0v) is 19.7. The van der Waals surface area contributed by atoms with Crippen LogP contribution in [0.5, 0.6) is 0 Å². The summed E-state index contributed by atoms with van der Waals surface area (Å²) in [5.41, 5.74) is 0.913. The number of hydrogen-bond acceptors (Lipinski definition) is 7. The van der Waals surface area contributed by atoms with Crippen LogP contribution in [0.25, 0.3) is 48.1 Å². The lowest BCUT2D eigenvalue weighted by Crippen LogP contribution is -1.96. The number of hydrogen-bond donors (Lipinski definition) is 0. The Morgan fingerprint density at radius 2 is 1.12 bits per heavy atom. The molecule has 5 rings (SSSR count). The van der Waals surface area contributed by atoms with Gasteiger partial charge in [-0.1, -0.05) is 6.07 Å². The molecular formula is C28H6F2N10. The Hall–Kier alpha value is -6.86. The van der Waals surface area contributed by atoms with Crippen molar-refractivity contribution in [3.05, 3.63) is 128 Å². The molecule has 2 heterocycles. The molecular weight excluding hydrogens is 514 g/mol. The van der Waals surface area contributed by atoms with Crippen molar-refractivity contribution in [3.8, 4) is 18.2 Å². The van der Waals surface area contributed by atoms with Gasteiger partial charge in [-0.15, -0.1) is 0 Å². The van der Waals surface area contributed by atoms with Gasteiger partial charge in [0.15, 0.2) is 0 Å². The minimum Gasteiger partial charge on any atom is -0.237 e. The summed E-state index contributed by atoms with van der Waals surface area (Å²) in [5.74, 6) is 0. The number of benzene rings is 1. The first-order valence-corrected chi connectivity index (χ1v) is 10.9. The van der Waals surface area contributed by atoms with Gasteiger partial charge in [0.05, 0.1) is 37.4 Å². The zero-order valence-electron chi connectivity index (χ0n) is 19.7. The zero-order chi connectivity index (χ0) is 28.6. The van der Waals surface area contributed by atoms with Crippen LogP contribution in [0.2, 0.25) is 0 Å². The van der Waals surface area contributed by atoms with E-state index in [1.807, 2.05) is 12.1 Å². The van der Waals surface area contributed by atoms with Gasteiger partial charge in [-0.2, -0.15) is 14.0 Å². The van der Waals surface area contributed by atoms with Crippen LogP contribution in [0.1, 0.15) is 33.4 Å². The van der Waals surface area contributed by atoms with E-state index in [9.17, 15) is 24.6 Å². The average molecular weight is 520 g/mol. The lowest BCUT2D eigenvalue weighted by molar-refractivity contribution is 0.537. The summed E-state index contributed by atoms with van der Waals surface area (Å²) in [6.07, 6.45) is 2.43. The predicted molar refractivity (Wildman–Crippen MR) is 135 cm³/mol. The van der Waals surface area contributed by atoms with Gasteiger partial charge < -0.3 is 0 Å². The maximum Gasteiger partial charge on any atom is 0.308 e. The number of aromatic nitrogens is 4. The van der Waals surface area contributed by atoms with Crippen LogP contribution in [-0.2, 0) is 0 Å². The second-order valence-electron chi connectivity index (χ2n) is 8.02. The first-order chi connectivity index (χ1) is 19.4. The first-order valence-electron chi connectivity index (χ1n) is 10.9. The van der Waals surface area contributed by atoms with Crippen LogP contribution >= 0.6 is 0 Å². The van der Waals surface area contributed by atoms with Gasteiger partial charge in [0.2, 0.25) is 5.70 Å². The van der Waals surface area contributed by atoms with E-state index in [1.54, 1.807) is 0 Å². The molecule has 0 saturated heterocycles. The number of allylic oxidation sites excluding steroid dienone is 7. The van der Waals surface area contributed by atoms with Crippen molar-refractivity contribution < 1.29 is 8.78 Å². The Morgan fingerprint density at radius 3 is 1.57 bits per heavy atom. The van der Waals surface area contributed by atoms with Crippen molar-refractivity contribution in [3.63, 3.8) is 0 Å². The normalized spacial score (nSPS) is 15.5. The van der Waals surface area contributed by atoms with Crippen molar-refractivity contribution in [1.82, 2.24) is 19.9 Å². The third-order valence-electron chi connectivity index (χ3n) is 6.16. The molecule has 0 atom stereocenters. The molecule has 1 aromatic carbocycles. The lowest BCUT2D eigenvalue weighted by Gasteiger charge is -2.11. The molecule has 2 aliphatic carbocycles. The Balaban J connectivity index is 1.92. The first kappa shape index (κ1) is 24.8. The van der Waals surface area contributed by atoms with E-state index in [1.165, 1.54) is 12.1 Å². The van der Waals surface area contributed by atoms with Gasteiger partial charge in [0, 0.05) is 47.1 Å². The van der Waals surface area contributed by atoms with Crippen molar-refractivity contribution in [2.75, 3.05) is 0 Å². The molecule has 0 unspecified atom stereocenters. The van der Waals surface area contributed by atoms with Crippen molar-refractivity contribution >= 4 is 33.6 Å². The van der Waals surface area contributed by atoms with E-state index in [0.29, 0.717) is 0 Å². The molecule has 3 aromatic rings. The third-order valence-corrected chi connectivity index (χ3v) is 6.16. The van der Waals surface area contributed by atoms with Gasteiger partial charge in [-0.3, -0.25) is 0 Å². The third kappa shape index (κ3) is 3.56. The number of rotatable bonds is 2. The van der Waals surface area contributed by atoms with Crippen LogP contribution in [0, 0.1) is 65.9 Å². The Labute approximate surface area is 224 Å². The Morgan fingerprint density at radius 1 is 0.675 bits per heavy atom. The Bertz CT molecular complexity index is 1870. The SMILES string of the molecule is [C-]#[N+]C1=C(c2cnc(F)nc2)/C(=C(/C#N)[N+]#[C-])c2cc3c(cc21)/C(=C(/C#N)[N+]#[C-])C(c1cnc(F)nc1)=C3C#N. The van der Waals surface area contributed by atoms with Gasteiger partial charge >= 0.3 is 12.2 Å². The van der Waals surface area contributed by atoms with Crippen LogP contribution in [-0.4, -0.2) is 19.9 Å². The fourth-order valence-corrected chi connectivity index (χ4v) is 4.65. The van der Waals surface area contributed by atoms with E-state index >= 15 is 0 Å². The molecule has 2 aromatic heterocycles. The lowest BCUT2D eigenvalue weighted by atomic mass is 9.92. The topological polar surface area (TPSA) is 136 Å². The highest BCUT2D eigenvalue weighted by Crippen LogP contribution is 2.54. The van der Waals surface area contributed by atoms with Crippen molar-refractivity contribution in [2.24, 2.45) is 0 Å². The highest BCUT2D eigenvalue weighted by atomic mass is 19.1. The maximum atomic E-state index is 13.5. The molecule has 0 fully saturated rings. The quantitative estimate of drug-likeness (QED) is 0.260. The number of nitrogens with zero attached hydrogens (tertiary/aromatic N) is 10. The number of halogens is 2. The van der Waals surface area contributed by atoms with E-state index in [4.69, 9.17) is 19.7 Å². The molecule has 0 saturated carbocycles. The summed E-state index contributed by atoms with van der Waals surface area (Å²) >= 11 is 0. The van der Waals surface area contributed by atoms with Gasteiger partial charge in [0.25, 0.3) is 11.4 Å². The number of fused-ring (bicyclic) bond motifs is 2. The Kier molecular flexibility index (Phi) is 5.92. The van der Waals surface area contributed by atoms with E-state index in [2.05, 4.69) is 40.5 Å². The number of nitriles is 3. The average Bonchev–Trinajstić information content (AvgIpc) is 3.46. The van der Waals surface area contributed by atoms with E-state index in [0.717, 1.165) is 24.8 Å². The maximum absolute atomic E-state index is 13.5. The summed E-state index contributed by atoms with van der Waals surface area (Å²) in [5, 5.41) is 29.7. The molecule has 0 aliphatic heterocycles. The van der Waals surface area contributed by atoms with Crippen LogP contribution in [0.15, 0.2) is 48.3 Å². The standard InChI is InChI=1S/C28H6F2N10/c1-34-20(7-32)24-16-5-18-17(4-15(16)19(6-31)22(24)13-9-37-27(29)38-10-13)25(21(8-33)35-2)23(26(18)36-3)14-11-39-28(30)40-12-14/h4-5,9-12H/b24-20+,25-21-. The largest absolute Gasteiger partial charge is 0.308 e. The molecule has 0 N–H and O–H groups in total. The molecule has 2 aliphatic rings. The van der Waals surface area contributed by atoms with Crippen LogP contribution in [0.4, 0.5) is 8.78 Å². The van der Waals surface area contributed by atoms with Crippen molar-refractivity contribution in [2.45, 2.75) is 0 Å². The molecule has 40 heavy (non-hydrogen) atoms. The van der Waals surface area contributed by atoms with Crippen LogP contribution in [0.3, 0.4) is 0 Å². The highest BCUT2D eigenvalue weighted by molar-refractivity contribution is 6.28. The van der Waals surface area contributed by atoms with Gasteiger partial charge in [-0.05, 0) is 39.5 Å². The highest BCUT2D eigenvalue weighted by Gasteiger charge is 2.37. The predicted octanol–water partition coefficient (Wildman–Crippen LogP) is 5.10. The summed E-state index contributed by atoms with van der Waals surface area (Å²) in [6.45, 7) is 23.1. The minimum atomic E-state index is -1.02. The summed E-state index contributed by atoms with van der Waals surface area (Å²) in [7, 11) is 0. The molecule has 0 radical (unpaired) electrons. The molecule has 182 valence electrons. The summed E-state index contributed by atoms with van der Waals surface area (Å²) < 4.78 is 27.0. The molecule has 0 spiro atoms. The van der Waals surface area contributed by atoms with Crippen molar-refractivity contribution in [1.29, 1.82) is 15.8 Å². The fourth-order valence-electron chi connectivity index (χ4n) is 4.65. The molecule has 12 heteroatoms. The summed E-state index contributed by atoms with van der Waals surface area (Å²) in [4.78, 5) is 24.4. The second kappa shape index (κ2) is 9.55. The van der Waals surface area contributed by atoms with E-state index in [-0.39, 0.29) is 78.3 Å². The fraction of sp³-hybridized carbons (Fsp3) is 0. The molecule has 0 bridgehead atoms. The smallest absolute Gasteiger partial charge is 0.237 e. The monoisotopic (exact) mass is 520 g/mol. The molecule has 0 amide bonds. The van der Waals surface area contributed by atoms with Gasteiger partial charge in [0.1, 0.15) is 6.07 Å².